The van der Waals surface area contributed by atoms with Crippen molar-refractivity contribution < 1.29 is 34.8 Å². The Morgan fingerprint density at radius 1 is 1.18 bits per heavy atom. The van der Waals surface area contributed by atoms with Gasteiger partial charge in [-0.25, -0.2) is 8.42 Å². The van der Waals surface area contributed by atoms with Crippen LogP contribution in [0.25, 0.3) is 0 Å². The molecule has 0 amide bonds. The summed E-state index contributed by atoms with van der Waals surface area (Å²) in [5, 5.41) is -2.61. The maximum atomic E-state index is 13.5. The molecule has 0 aromatic heterocycles. The van der Waals surface area contributed by atoms with Gasteiger partial charge in [0.25, 0.3) is 9.84 Å². The summed E-state index contributed by atoms with van der Waals surface area (Å²) in [5.41, 5.74) is -6.14. The van der Waals surface area contributed by atoms with E-state index >= 15 is 0 Å². The third-order valence-electron chi connectivity index (χ3n) is 5.17. The van der Waals surface area contributed by atoms with Crippen LogP contribution in [0.3, 0.4) is 0 Å². The normalized spacial score (nSPS) is 24.0. The maximum Gasteiger partial charge on any atom is 0.499 e. The molecule has 0 fully saturated rings. The fraction of sp³-hybridized carbons (Fsp3) is 0.500. The van der Waals surface area contributed by atoms with Gasteiger partial charge < -0.3 is 0 Å². The molecular formula is C18H17F6NO2S. The molecule has 154 valence electrons. The minimum Gasteiger partial charge on any atom is -0.260 e. The van der Waals surface area contributed by atoms with E-state index in [4.69, 9.17) is 0 Å². The lowest BCUT2D eigenvalue weighted by atomic mass is 9.84. The molecule has 28 heavy (non-hydrogen) atoms. The lowest BCUT2D eigenvalue weighted by Crippen LogP contribution is -2.34. The molecule has 0 radical (unpaired) electrons. The molecule has 10 heteroatoms. The first kappa shape index (κ1) is 20.9. The van der Waals surface area contributed by atoms with Crippen LogP contribution in [-0.4, -0.2) is 31.2 Å². The summed E-state index contributed by atoms with van der Waals surface area (Å²) in [6.45, 7) is 0.487. The fourth-order valence-corrected chi connectivity index (χ4v) is 4.42. The van der Waals surface area contributed by atoms with Crippen molar-refractivity contribution in [2.24, 2.45) is 10.9 Å². The SMILES string of the molecule is C[C@@H](N=C(c1ccc2c(c1)CC1C=CCCC21)C(F)(F)F)S(=O)(=O)C(F)(F)F. The largest absolute Gasteiger partial charge is 0.499 e. The quantitative estimate of drug-likeness (QED) is 0.392. The molecule has 3 atom stereocenters. The van der Waals surface area contributed by atoms with Crippen molar-refractivity contribution in [3.05, 3.63) is 47.0 Å². The molecule has 3 nitrogen and oxygen atoms in total. The van der Waals surface area contributed by atoms with E-state index in [9.17, 15) is 34.8 Å². The number of fused-ring (bicyclic) bond motifs is 3. The second-order valence-electron chi connectivity index (χ2n) is 6.96. The Morgan fingerprint density at radius 2 is 1.86 bits per heavy atom. The highest BCUT2D eigenvalue weighted by molar-refractivity contribution is 7.92. The van der Waals surface area contributed by atoms with Crippen molar-refractivity contribution in [3.8, 4) is 0 Å². The third kappa shape index (κ3) is 3.70. The molecule has 0 bridgehead atoms. The van der Waals surface area contributed by atoms with Crippen LogP contribution in [0.5, 0.6) is 0 Å². The average Bonchev–Trinajstić information content (AvgIpc) is 2.94. The van der Waals surface area contributed by atoms with Gasteiger partial charge in [0.2, 0.25) is 0 Å². The lowest BCUT2D eigenvalue weighted by molar-refractivity contribution is -0.0586. The van der Waals surface area contributed by atoms with Crippen LogP contribution in [0.2, 0.25) is 0 Å². The third-order valence-corrected chi connectivity index (χ3v) is 6.82. The van der Waals surface area contributed by atoms with E-state index < -0.39 is 38.2 Å². The number of allylic oxidation sites excluding steroid dienone is 2. The molecule has 2 unspecified atom stereocenters. The summed E-state index contributed by atoms with van der Waals surface area (Å²) in [4.78, 5) is 2.94. The van der Waals surface area contributed by atoms with Gasteiger partial charge in [-0.15, -0.1) is 0 Å². The summed E-state index contributed by atoms with van der Waals surface area (Å²) in [6.07, 6.45) is 1.25. The number of benzene rings is 1. The number of sulfone groups is 1. The van der Waals surface area contributed by atoms with Gasteiger partial charge in [-0.05, 0) is 55.2 Å². The van der Waals surface area contributed by atoms with Crippen LogP contribution in [0.15, 0.2) is 35.3 Å². The Bertz CT molecular complexity index is 930. The molecule has 0 saturated heterocycles. The van der Waals surface area contributed by atoms with Crippen LogP contribution >= 0.6 is 0 Å². The van der Waals surface area contributed by atoms with Crippen molar-refractivity contribution in [2.45, 2.75) is 49.2 Å². The summed E-state index contributed by atoms with van der Waals surface area (Å²) in [5.74, 6) is 0.402. The molecular weight excluding hydrogens is 408 g/mol. The highest BCUT2D eigenvalue weighted by Crippen LogP contribution is 2.44. The molecule has 2 aliphatic carbocycles. The topological polar surface area (TPSA) is 46.5 Å². The van der Waals surface area contributed by atoms with Crippen molar-refractivity contribution in [1.82, 2.24) is 0 Å². The minimum atomic E-state index is -5.87. The molecule has 0 spiro atoms. The fourth-order valence-electron chi connectivity index (χ4n) is 3.79. The van der Waals surface area contributed by atoms with Gasteiger partial charge in [0.15, 0.2) is 5.37 Å². The van der Waals surface area contributed by atoms with E-state index in [0.29, 0.717) is 18.9 Å². The van der Waals surface area contributed by atoms with E-state index in [1.165, 1.54) is 6.07 Å². The van der Waals surface area contributed by atoms with Crippen LogP contribution in [0.4, 0.5) is 26.3 Å². The van der Waals surface area contributed by atoms with E-state index in [0.717, 1.165) is 24.5 Å². The zero-order valence-electron chi connectivity index (χ0n) is 14.7. The van der Waals surface area contributed by atoms with Gasteiger partial charge in [-0.2, -0.15) is 26.3 Å². The van der Waals surface area contributed by atoms with Gasteiger partial charge in [0.05, 0.1) is 0 Å². The Labute approximate surface area is 158 Å². The Balaban J connectivity index is 2.02. The Kier molecular flexibility index (Phi) is 5.14. The highest BCUT2D eigenvalue weighted by Gasteiger charge is 2.50. The molecule has 3 rings (SSSR count). The van der Waals surface area contributed by atoms with E-state index in [2.05, 4.69) is 4.99 Å². The molecule has 0 N–H and O–H groups in total. The monoisotopic (exact) mass is 425 g/mol. The van der Waals surface area contributed by atoms with E-state index in [1.807, 2.05) is 12.2 Å². The number of rotatable bonds is 3. The first-order valence-corrected chi connectivity index (χ1v) is 10.1. The van der Waals surface area contributed by atoms with Crippen LogP contribution in [-0.2, 0) is 16.3 Å². The number of alkyl halides is 6. The highest BCUT2D eigenvalue weighted by atomic mass is 32.2. The standard InChI is InChI=1S/C18H17F6NO2S/c1-10(28(26,27)18(22,23)24)25-16(17(19,20)21)12-6-7-15-13(9-12)8-11-4-2-3-5-14(11)15/h2,4,6-7,9-11,14H,3,5,8H2,1H3/t10-,11?,14?/m0/s1. The zero-order chi connectivity index (χ0) is 20.9. The first-order chi connectivity index (χ1) is 12.8. The number of halogens is 6. The Hall–Kier alpha value is -1.84. The molecule has 1 aromatic rings. The van der Waals surface area contributed by atoms with Gasteiger partial charge in [0, 0.05) is 5.56 Å². The predicted molar refractivity (Wildman–Crippen MR) is 91.8 cm³/mol. The summed E-state index contributed by atoms with van der Waals surface area (Å²) >= 11 is 0. The minimum absolute atomic E-state index is 0.190. The summed E-state index contributed by atoms with van der Waals surface area (Å²) in [6, 6.07) is 3.96. The predicted octanol–water partition coefficient (Wildman–Crippen LogP) is 4.92. The van der Waals surface area contributed by atoms with Crippen molar-refractivity contribution in [3.63, 3.8) is 0 Å². The van der Waals surface area contributed by atoms with E-state index in [1.54, 1.807) is 6.07 Å². The van der Waals surface area contributed by atoms with Gasteiger partial charge in [0.1, 0.15) is 5.71 Å². The molecule has 0 saturated carbocycles. The maximum absolute atomic E-state index is 13.5. The van der Waals surface area contributed by atoms with Crippen molar-refractivity contribution in [2.75, 3.05) is 0 Å². The lowest BCUT2D eigenvalue weighted by Gasteiger charge is -2.20. The number of nitrogens with zero attached hydrogens (tertiary/aromatic N) is 1. The van der Waals surface area contributed by atoms with Gasteiger partial charge in [-0.1, -0.05) is 24.3 Å². The molecule has 0 heterocycles. The van der Waals surface area contributed by atoms with Crippen LogP contribution < -0.4 is 0 Å². The van der Waals surface area contributed by atoms with E-state index in [-0.39, 0.29) is 11.8 Å². The number of hydrogen-bond donors (Lipinski definition) is 0. The smallest absolute Gasteiger partial charge is 0.260 e. The van der Waals surface area contributed by atoms with Crippen molar-refractivity contribution in [1.29, 1.82) is 0 Å². The zero-order valence-corrected chi connectivity index (χ0v) is 15.5. The van der Waals surface area contributed by atoms with Gasteiger partial charge >= 0.3 is 11.7 Å². The molecule has 2 aliphatic rings. The average molecular weight is 425 g/mol. The summed E-state index contributed by atoms with van der Waals surface area (Å²) < 4.78 is 101. The number of hydrogen-bond acceptors (Lipinski definition) is 3. The van der Waals surface area contributed by atoms with Crippen LogP contribution in [0.1, 0.15) is 42.4 Å². The molecule has 1 aromatic carbocycles. The second kappa shape index (κ2) is 6.89. The first-order valence-electron chi connectivity index (χ1n) is 8.57. The van der Waals surface area contributed by atoms with Crippen molar-refractivity contribution >= 4 is 15.5 Å². The molecule has 0 aliphatic heterocycles. The Morgan fingerprint density at radius 3 is 2.46 bits per heavy atom. The van der Waals surface area contributed by atoms with Crippen LogP contribution in [0, 0.1) is 5.92 Å². The summed E-state index contributed by atoms with van der Waals surface area (Å²) in [7, 11) is -5.87. The van der Waals surface area contributed by atoms with Gasteiger partial charge in [-0.3, -0.25) is 4.99 Å². The second-order valence-corrected chi connectivity index (χ2v) is 9.19. The number of aliphatic imine (C=N–C) groups is 1.